The predicted molar refractivity (Wildman–Crippen MR) is 77.3 cm³/mol. The average Bonchev–Trinajstić information content (AvgIpc) is 3.04. The van der Waals surface area contributed by atoms with Crippen LogP contribution < -0.4 is 9.47 Å². The van der Waals surface area contributed by atoms with Gasteiger partial charge in [0.2, 0.25) is 6.79 Å². The summed E-state index contributed by atoms with van der Waals surface area (Å²) in [6.45, 7) is 3.50. The van der Waals surface area contributed by atoms with Crippen molar-refractivity contribution in [2.24, 2.45) is 0 Å². The molecule has 1 aromatic rings. The van der Waals surface area contributed by atoms with Crippen LogP contribution >= 0.6 is 0 Å². The van der Waals surface area contributed by atoms with E-state index in [1.165, 1.54) is 0 Å². The molecule has 0 spiro atoms. The minimum absolute atomic E-state index is 0.0688. The summed E-state index contributed by atoms with van der Waals surface area (Å²) in [5, 5.41) is 10.1. The minimum Gasteiger partial charge on any atom is -0.454 e. The summed E-state index contributed by atoms with van der Waals surface area (Å²) >= 11 is 0. The summed E-state index contributed by atoms with van der Waals surface area (Å²) in [4.78, 5) is 13.4. The van der Waals surface area contributed by atoms with Crippen LogP contribution in [-0.4, -0.2) is 41.3 Å². The Balaban J connectivity index is 1.66. The molecule has 2 atom stereocenters. The topological polar surface area (TPSA) is 59.0 Å². The lowest BCUT2D eigenvalue weighted by Crippen LogP contribution is -2.35. The number of aliphatic hydroxyl groups excluding tert-OH is 1. The van der Waals surface area contributed by atoms with Gasteiger partial charge in [0.1, 0.15) is 5.78 Å². The summed E-state index contributed by atoms with van der Waals surface area (Å²) in [5.74, 6) is 1.75. The monoisotopic (exact) mass is 291 g/mol. The average molecular weight is 291 g/mol. The van der Waals surface area contributed by atoms with Crippen molar-refractivity contribution in [2.75, 3.05) is 13.3 Å². The molecule has 2 aliphatic rings. The van der Waals surface area contributed by atoms with Gasteiger partial charge in [0.15, 0.2) is 11.5 Å². The van der Waals surface area contributed by atoms with Crippen LogP contribution in [0.2, 0.25) is 0 Å². The van der Waals surface area contributed by atoms with Crippen molar-refractivity contribution in [3.05, 3.63) is 23.8 Å². The molecular formula is C16H21NO4. The quantitative estimate of drug-likeness (QED) is 0.895. The molecule has 0 saturated carbocycles. The van der Waals surface area contributed by atoms with Gasteiger partial charge in [-0.05, 0) is 37.5 Å². The van der Waals surface area contributed by atoms with E-state index < -0.39 is 0 Å². The molecule has 5 nitrogen and oxygen atoms in total. The molecule has 3 rings (SSSR count). The number of hydrogen-bond acceptors (Lipinski definition) is 5. The Morgan fingerprint density at radius 2 is 2.19 bits per heavy atom. The Kier molecular flexibility index (Phi) is 4.12. The number of rotatable bonds is 5. The summed E-state index contributed by atoms with van der Waals surface area (Å²) in [7, 11) is 0. The fraction of sp³-hybridized carbons (Fsp3) is 0.562. The van der Waals surface area contributed by atoms with Crippen molar-refractivity contribution in [3.8, 4) is 11.5 Å². The summed E-state index contributed by atoms with van der Waals surface area (Å²) in [6, 6.07) is 6.02. The highest BCUT2D eigenvalue weighted by Gasteiger charge is 2.32. The number of ketones is 1. The van der Waals surface area contributed by atoms with E-state index in [1.54, 1.807) is 6.92 Å². The van der Waals surface area contributed by atoms with Crippen LogP contribution in [-0.2, 0) is 11.3 Å². The maximum atomic E-state index is 11.2. The lowest BCUT2D eigenvalue weighted by atomic mass is 10.0. The smallest absolute Gasteiger partial charge is 0.231 e. The zero-order chi connectivity index (χ0) is 14.8. The summed E-state index contributed by atoms with van der Waals surface area (Å²) in [6.07, 6.45) is 1.69. The zero-order valence-electron chi connectivity index (χ0n) is 12.2. The summed E-state index contributed by atoms with van der Waals surface area (Å²) in [5.41, 5.74) is 1.14. The second-order valence-electron chi connectivity index (χ2n) is 5.82. The van der Waals surface area contributed by atoms with Crippen LogP contribution in [0.25, 0.3) is 0 Å². The van der Waals surface area contributed by atoms with Gasteiger partial charge in [0, 0.05) is 25.6 Å². The number of fused-ring (bicyclic) bond motifs is 1. The molecule has 0 radical (unpaired) electrons. The van der Waals surface area contributed by atoms with Crippen LogP contribution in [0.4, 0.5) is 0 Å². The van der Waals surface area contributed by atoms with E-state index in [-0.39, 0.29) is 24.7 Å². The third-order valence-electron chi connectivity index (χ3n) is 4.24. The van der Waals surface area contributed by atoms with Gasteiger partial charge in [-0.15, -0.1) is 0 Å². The fourth-order valence-corrected chi connectivity index (χ4v) is 3.10. The molecule has 0 bridgehead atoms. The van der Waals surface area contributed by atoms with Crippen LogP contribution in [0.1, 0.15) is 31.7 Å². The van der Waals surface area contributed by atoms with Crippen LogP contribution in [0, 0.1) is 0 Å². The molecule has 114 valence electrons. The van der Waals surface area contributed by atoms with Gasteiger partial charge in [-0.1, -0.05) is 6.07 Å². The van der Waals surface area contributed by atoms with Gasteiger partial charge in [-0.25, -0.2) is 0 Å². The molecule has 0 amide bonds. The fourth-order valence-electron chi connectivity index (χ4n) is 3.10. The van der Waals surface area contributed by atoms with E-state index in [2.05, 4.69) is 4.90 Å². The van der Waals surface area contributed by atoms with Crippen molar-refractivity contribution in [2.45, 2.75) is 44.9 Å². The number of likely N-dealkylation sites (tertiary alicyclic amines) is 1. The molecule has 1 N–H and O–H groups in total. The number of nitrogens with zero attached hydrogens (tertiary/aromatic N) is 1. The highest BCUT2D eigenvalue weighted by Crippen LogP contribution is 2.33. The summed E-state index contributed by atoms with van der Waals surface area (Å²) < 4.78 is 10.7. The van der Waals surface area contributed by atoms with Gasteiger partial charge >= 0.3 is 0 Å². The molecule has 0 aliphatic carbocycles. The van der Waals surface area contributed by atoms with Crippen molar-refractivity contribution >= 4 is 5.78 Å². The maximum absolute atomic E-state index is 11.2. The third kappa shape index (κ3) is 3.19. The van der Waals surface area contributed by atoms with E-state index in [0.717, 1.165) is 43.0 Å². The van der Waals surface area contributed by atoms with Crippen LogP contribution in [0.5, 0.6) is 11.5 Å². The minimum atomic E-state index is -0.335. The van der Waals surface area contributed by atoms with Gasteiger partial charge < -0.3 is 19.4 Å². The van der Waals surface area contributed by atoms with Crippen LogP contribution in [0.3, 0.4) is 0 Å². The maximum Gasteiger partial charge on any atom is 0.231 e. The number of Topliss-reactive ketones (excluding diaryl/α,β-unsaturated/α-hetero) is 1. The first-order chi connectivity index (χ1) is 10.1. The number of ether oxygens (including phenoxy) is 2. The van der Waals surface area contributed by atoms with E-state index in [4.69, 9.17) is 9.47 Å². The molecule has 21 heavy (non-hydrogen) atoms. The van der Waals surface area contributed by atoms with Crippen LogP contribution in [0.15, 0.2) is 18.2 Å². The number of carbonyl (C=O) groups excluding carboxylic acids is 1. The molecule has 2 heterocycles. The van der Waals surface area contributed by atoms with Crippen molar-refractivity contribution in [1.82, 2.24) is 4.90 Å². The molecule has 5 heteroatoms. The predicted octanol–water partition coefficient (Wildman–Crippen LogP) is 1.72. The number of benzene rings is 1. The molecule has 1 aromatic carbocycles. The van der Waals surface area contributed by atoms with Gasteiger partial charge in [-0.3, -0.25) is 4.90 Å². The number of aliphatic hydroxyl groups is 1. The molecule has 2 aliphatic heterocycles. The first-order valence-electron chi connectivity index (χ1n) is 7.43. The van der Waals surface area contributed by atoms with E-state index >= 15 is 0 Å². The van der Waals surface area contributed by atoms with Gasteiger partial charge in [0.05, 0.1) is 6.10 Å². The lowest BCUT2D eigenvalue weighted by Gasteiger charge is -2.26. The molecule has 0 unspecified atom stereocenters. The zero-order valence-corrected chi connectivity index (χ0v) is 12.2. The first kappa shape index (κ1) is 14.4. The second-order valence-corrected chi connectivity index (χ2v) is 5.82. The first-order valence-corrected chi connectivity index (χ1v) is 7.43. The van der Waals surface area contributed by atoms with Crippen molar-refractivity contribution in [1.29, 1.82) is 0 Å². The normalized spacial score (nSPS) is 24.5. The standard InChI is InChI=1S/C16H21NO4/c1-11(18)2-4-13-14(19)6-7-17(13)9-12-3-5-15-16(8-12)21-10-20-15/h3,5,8,13-14,19H,2,4,6-7,9-10H2,1H3/t13-,14+/m1/s1. The van der Waals surface area contributed by atoms with Crippen molar-refractivity contribution < 1.29 is 19.4 Å². The molecular weight excluding hydrogens is 270 g/mol. The second kappa shape index (κ2) is 6.03. The number of hydrogen-bond donors (Lipinski definition) is 1. The Labute approximate surface area is 124 Å². The van der Waals surface area contributed by atoms with E-state index in [0.29, 0.717) is 6.42 Å². The van der Waals surface area contributed by atoms with Gasteiger partial charge in [-0.2, -0.15) is 0 Å². The Bertz CT molecular complexity index is 531. The van der Waals surface area contributed by atoms with Gasteiger partial charge in [0.25, 0.3) is 0 Å². The number of carbonyl (C=O) groups is 1. The van der Waals surface area contributed by atoms with E-state index in [9.17, 15) is 9.90 Å². The molecule has 1 saturated heterocycles. The van der Waals surface area contributed by atoms with E-state index in [1.807, 2.05) is 18.2 Å². The Hall–Kier alpha value is -1.59. The largest absolute Gasteiger partial charge is 0.454 e. The lowest BCUT2D eigenvalue weighted by molar-refractivity contribution is -0.117. The SMILES string of the molecule is CC(=O)CC[C@@H]1[C@@H](O)CCN1Cc1ccc2c(c1)OCO2. The Morgan fingerprint density at radius 3 is 3.00 bits per heavy atom. The molecule has 1 fully saturated rings. The third-order valence-corrected chi connectivity index (χ3v) is 4.24. The van der Waals surface area contributed by atoms with Crippen molar-refractivity contribution in [3.63, 3.8) is 0 Å². The highest BCUT2D eigenvalue weighted by atomic mass is 16.7. The Morgan fingerprint density at radius 1 is 1.38 bits per heavy atom. The molecule has 0 aromatic heterocycles. The highest BCUT2D eigenvalue weighted by molar-refractivity contribution is 5.75.